The number of hydrogen-bond donors (Lipinski definition) is 1. The summed E-state index contributed by atoms with van der Waals surface area (Å²) < 4.78 is 13.0. The minimum Gasteiger partial charge on any atom is -0.334 e. The van der Waals surface area contributed by atoms with Gasteiger partial charge in [0.15, 0.2) is 0 Å². The molecule has 0 aliphatic carbocycles. The fourth-order valence-electron chi connectivity index (χ4n) is 2.79. The van der Waals surface area contributed by atoms with E-state index < -0.39 is 0 Å². The van der Waals surface area contributed by atoms with Crippen LogP contribution in [0.2, 0.25) is 5.02 Å². The predicted molar refractivity (Wildman–Crippen MR) is 86.5 cm³/mol. The van der Waals surface area contributed by atoms with Crippen LogP contribution in [0.1, 0.15) is 18.9 Å². The van der Waals surface area contributed by atoms with Gasteiger partial charge in [-0.25, -0.2) is 9.18 Å². The smallest absolute Gasteiger partial charge is 0.317 e. The van der Waals surface area contributed by atoms with Gasteiger partial charge in [0.1, 0.15) is 5.82 Å². The van der Waals surface area contributed by atoms with Crippen LogP contribution in [0.3, 0.4) is 0 Å². The fourth-order valence-corrected chi connectivity index (χ4v) is 3.02. The molecule has 2 amide bonds. The summed E-state index contributed by atoms with van der Waals surface area (Å²) in [4.78, 5) is 16.4. The van der Waals surface area contributed by atoms with E-state index in [1.807, 2.05) is 11.8 Å². The van der Waals surface area contributed by atoms with E-state index in [2.05, 4.69) is 17.3 Å². The van der Waals surface area contributed by atoms with E-state index >= 15 is 0 Å². The fraction of sp³-hybridized carbons (Fsp3) is 0.562. The maximum Gasteiger partial charge on any atom is 0.317 e. The lowest BCUT2D eigenvalue weighted by Crippen LogP contribution is -2.42. The number of halogens is 2. The lowest BCUT2D eigenvalue weighted by molar-refractivity contribution is 0.190. The molecule has 6 heteroatoms. The summed E-state index contributed by atoms with van der Waals surface area (Å²) >= 11 is 5.97. The molecule has 0 unspecified atom stereocenters. The second-order valence-electron chi connectivity index (χ2n) is 5.85. The van der Waals surface area contributed by atoms with Crippen LogP contribution in [0, 0.1) is 11.7 Å². The molecule has 122 valence electrons. The third-order valence-corrected chi connectivity index (χ3v) is 4.43. The Bertz CT molecular complexity index is 526. The SMILES string of the molecule is CCN(C[C@@H]1CCN(C)C1)C(=O)NCc1ccc(F)cc1Cl. The zero-order valence-corrected chi connectivity index (χ0v) is 13.9. The molecule has 1 saturated heterocycles. The molecule has 1 aliphatic heterocycles. The third kappa shape index (κ3) is 4.58. The Morgan fingerprint density at radius 3 is 2.91 bits per heavy atom. The Balaban J connectivity index is 1.86. The van der Waals surface area contributed by atoms with Crippen LogP contribution < -0.4 is 5.32 Å². The van der Waals surface area contributed by atoms with Crippen molar-refractivity contribution >= 4 is 17.6 Å². The Hall–Kier alpha value is -1.33. The zero-order chi connectivity index (χ0) is 16.1. The molecule has 1 fully saturated rings. The van der Waals surface area contributed by atoms with Gasteiger partial charge in [-0.1, -0.05) is 17.7 Å². The molecule has 4 nitrogen and oxygen atoms in total. The van der Waals surface area contributed by atoms with Gasteiger partial charge < -0.3 is 15.1 Å². The summed E-state index contributed by atoms with van der Waals surface area (Å²) in [5.74, 6) is 0.158. The lowest BCUT2D eigenvalue weighted by atomic mass is 10.1. The van der Waals surface area contributed by atoms with Crippen molar-refractivity contribution in [3.8, 4) is 0 Å². The van der Waals surface area contributed by atoms with Crippen LogP contribution >= 0.6 is 11.6 Å². The van der Waals surface area contributed by atoms with Gasteiger partial charge in [-0.2, -0.15) is 0 Å². The molecule has 1 aliphatic rings. The molecular weight excluding hydrogens is 305 g/mol. The number of nitrogens with zero attached hydrogens (tertiary/aromatic N) is 2. The number of benzene rings is 1. The van der Waals surface area contributed by atoms with E-state index in [1.54, 1.807) is 6.07 Å². The molecule has 0 bridgehead atoms. The summed E-state index contributed by atoms with van der Waals surface area (Å²) in [7, 11) is 2.10. The molecule has 1 atom stereocenters. The number of urea groups is 1. The topological polar surface area (TPSA) is 35.6 Å². The maximum absolute atomic E-state index is 13.0. The molecule has 0 saturated carbocycles. The van der Waals surface area contributed by atoms with E-state index in [0.29, 0.717) is 29.6 Å². The van der Waals surface area contributed by atoms with Crippen LogP contribution in [-0.4, -0.2) is 49.1 Å². The summed E-state index contributed by atoms with van der Waals surface area (Å²) in [5.41, 5.74) is 0.716. The summed E-state index contributed by atoms with van der Waals surface area (Å²) in [6.07, 6.45) is 1.13. The Morgan fingerprint density at radius 1 is 1.55 bits per heavy atom. The highest BCUT2D eigenvalue weighted by molar-refractivity contribution is 6.31. The summed E-state index contributed by atoms with van der Waals surface area (Å²) in [6.45, 7) is 5.84. The first-order valence-corrected chi connectivity index (χ1v) is 8.02. The Kier molecular flexibility index (Phi) is 6.03. The second kappa shape index (κ2) is 7.79. The molecule has 22 heavy (non-hydrogen) atoms. The standard InChI is InChI=1S/C16H23ClFN3O/c1-3-21(11-12-6-7-20(2)10-12)16(22)19-9-13-4-5-14(18)8-15(13)17/h4-5,8,12H,3,6-7,9-11H2,1-2H3,(H,19,22)/t12-/m1/s1. The van der Waals surface area contributed by atoms with Crippen molar-refractivity contribution in [1.29, 1.82) is 0 Å². The van der Waals surface area contributed by atoms with Gasteiger partial charge in [-0.15, -0.1) is 0 Å². The molecule has 1 aromatic carbocycles. The number of rotatable bonds is 5. The van der Waals surface area contributed by atoms with Gasteiger partial charge in [-0.3, -0.25) is 0 Å². The number of likely N-dealkylation sites (tertiary alicyclic amines) is 1. The molecule has 1 heterocycles. The van der Waals surface area contributed by atoms with Crippen molar-refractivity contribution in [1.82, 2.24) is 15.1 Å². The van der Waals surface area contributed by atoms with Gasteiger partial charge in [0.05, 0.1) is 0 Å². The van der Waals surface area contributed by atoms with E-state index in [1.165, 1.54) is 12.1 Å². The van der Waals surface area contributed by atoms with Crippen molar-refractivity contribution in [3.05, 3.63) is 34.6 Å². The molecule has 1 aromatic rings. The normalized spacial score (nSPS) is 18.5. The number of carbonyl (C=O) groups is 1. The van der Waals surface area contributed by atoms with Gasteiger partial charge in [0, 0.05) is 31.2 Å². The molecular formula is C16H23ClFN3O. The van der Waals surface area contributed by atoms with Crippen LogP contribution in [0.5, 0.6) is 0 Å². The quantitative estimate of drug-likeness (QED) is 0.902. The van der Waals surface area contributed by atoms with Crippen LogP contribution in [0.25, 0.3) is 0 Å². The monoisotopic (exact) mass is 327 g/mol. The van der Waals surface area contributed by atoms with E-state index in [0.717, 1.165) is 26.1 Å². The minimum absolute atomic E-state index is 0.0996. The second-order valence-corrected chi connectivity index (χ2v) is 6.26. The van der Waals surface area contributed by atoms with E-state index in [9.17, 15) is 9.18 Å². The van der Waals surface area contributed by atoms with Crippen molar-refractivity contribution in [3.63, 3.8) is 0 Å². The van der Waals surface area contributed by atoms with Gasteiger partial charge in [-0.05, 0) is 50.6 Å². The van der Waals surface area contributed by atoms with Crippen LogP contribution in [-0.2, 0) is 6.54 Å². The lowest BCUT2D eigenvalue weighted by Gasteiger charge is -2.24. The average Bonchev–Trinajstić information content (AvgIpc) is 2.89. The van der Waals surface area contributed by atoms with E-state index in [4.69, 9.17) is 11.6 Å². The van der Waals surface area contributed by atoms with Crippen molar-refractivity contribution < 1.29 is 9.18 Å². The highest BCUT2D eigenvalue weighted by Crippen LogP contribution is 2.18. The molecule has 0 radical (unpaired) electrons. The molecule has 1 N–H and O–H groups in total. The average molecular weight is 328 g/mol. The first-order valence-electron chi connectivity index (χ1n) is 7.64. The number of amides is 2. The number of nitrogens with one attached hydrogen (secondary N) is 1. The minimum atomic E-state index is -0.374. The summed E-state index contributed by atoms with van der Waals surface area (Å²) in [5, 5.41) is 3.20. The van der Waals surface area contributed by atoms with Gasteiger partial charge in [0.25, 0.3) is 0 Å². The van der Waals surface area contributed by atoms with Crippen molar-refractivity contribution in [2.24, 2.45) is 5.92 Å². The maximum atomic E-state index is 13.0. The first kappa shape index (κ1) is 17.0. The molecule has 2 rings (SSSR count). The van der Waals surface area contributed by atoms with Crippen LogP contribution in [0.15, 0.2) is 18.2 Å². The van der Waals surface area contributed by atoms with Gasteiger partial charge in [0.2, 0.25) is 0 Å². The Labute approximate surface area is 136 Å². The van der Waals surface area contributed by atoms with Crippen molar-refractivity contribution in [2.75, 3.05) is 33.2 Å². The number of hydrogen-bond acceptors (Lipinski definition) is 2. The molecule has 0 spiro atoms. The van der Waals surface area contributed by atoms with Crippen molar-refractivity contribution in [2.45, 2.75) is 19.9 Å². The van der Waals surface area contributed by atoms with E-state index in [-0.39, 0.29) is 11.8 Å². The highest BCUT2D eigenvalue weighted by atomic mass is 35.5. The highest BCUT2D eigenvalue weighted by Gasteiger charge is 2.23. The largest absolute Gasteiger partial charge is 0.334 e. The first-order chi connectivity index (χ1) is 10.5. The van der Waals surface area contributed by atoms with Gasteiger partial charge >= 0.3 is 6.03 Å². The Morgan fingerprint density at radius 2 is 2.32 bits per heavy atom. The molecule has 0 aromatic heterocycles. The summed E-state index contributed by atoms with van der Waals surface area (Å²) in [6, 6.07) is 4.10. The predicted octanol–water partition coefficient (Wildman–Crippen LogP) is 2.96. The number of carbonyl (C=O) groups excluding carboxylic acids is 1. The van der Waals surface area contributed by atoms with Crippen LogP contribution in [0.4, 0.5) is 9.18 Å². The zero-order valence-electron chi connectivity index (χ0n) is 13.1. The third-order valence-electron chi connectivity index (χ3n) is 4.08.